The summed E-state index contributed by atoms with van der Waals surface area (Å²) < 4.78 is 46.1. The maximum Gasteiger partial charge on any atom is 0.407 e. The molecule has 3 atom stereocenters. The van der Waals surface area contributed by atoms with E-state index in [2.05, 4.69) is 46.9 Å². The maximum absolute atomic E-state index is 13.7. The number of hydrogen-bond donors (Lipinski definition) is 11. The molecule has 1 aliphatic heterocycles. The van der Waals surface area contributed by atoms with Gasteiger partial charge in [0.05, 0.1) is 30.6 Å². The number of ether oxygens (including phenoxy) is 3. The normalized spacial score (nSPS) is 14.4. The van der Waals surface area contributed by atoms with E-state index in [-0.39, 0.29) is 50.2 Å². The molecule has 13 N–H and O–H groups in total. The summed E-state index contributed by atoms with van der Waals surface area (Å²) in [6.45, 7) is 17.8. The molecule has 73 heavy (non-hydrogen) atoms. The summed E-state index contributed by atoms with van der Waals surface area (Å²) in [4.78, 5) is 104. The van der Waals surface area contributed by atoms with Gasteiger partial charge in [-0.25, -0.2) is 27.5 Å². The number of nitrogens with two attached hydrogens (primary N) is 2. The van der Waals surface area contributed by atoms with Gasteiger partial charge in [-0.05, 0) is 144 Å². The van der Waals surface area contributed by atoms with Crippen LogP contribution in [0.2, 0.25) is 0 Å². The van der Waals surface area contributed by atoms with Crippen molar-refractivity contribution in [3.05, 3.63) is 22.3 Å². The molecular weight excluding hydrogens is 975 g/mol. The molecule has 2 rings (SSSR count). The van der Waals surface area contributed by atoms with Crippen molar-refractivity contribution >= 4 is 63.7 Å². The first-order valence-corrected chi connectivity index (χ1v) is 25.7. The highest BCUT2D eigenvalue weighted by atomic mass is 32.2. The van der Waals surface area contributed by atoms with Crippen molar-refractivity contribution in [3.8, 4) is 5.75 Å². The Labute approximate surface area is 428 Å². The Morgan fingerprint density at radius 3 is 1.73 bits per heavy atom. The monoisotopic (exact) mass is 1050 g/mol. The lowest BCUT2D eigenvalue weighted by atomic mass is 9.94. The molecule has 0 spiro atoms. The van der Waals surface area contributed by atoms with Gasteiger partial charge in [0.25, 0.3) is 10.0 Å². The highest BCUT2D eigenvalue weighted by Crippen LogP contribution is 2.43. The van der Waals surface area contributed by atoms with Gasteiger partial charge in [0.15, 0.2) is 0 Å². The second-order valence-corrected chi connectivity index (χ2v) is 21.9. The number of carboxylic acid groups (broad SMARTS) is 1. The number of hydrogen-bond acceptors (Lipinski definition) is 15. The van der Waals surface area contributed by atoms with E-state index in [1.807, 2.05) is 13.8 Å². The van der Waals surface area contributed by atoms with Gasteiger partial charge in [0.2, 0.25) is 35.5 Å². The molecule has 0 saturated carbocycles. The van der Waals surface area contributed by atoms with Gasteiger partial charge in [0.1, 0.15) is 34.6 Å². The number of aliphatic imine (C=N–C) groups is 1. The van der Waals surface area contributed by atoms with E-state index in [4.69, 9.17) is 25.7 Å². The number of amides is 7. The Morgan fingerprint density at radius 1 is 0.685 bits per heavy atom. The van der Waals surface area contributed by atoms with E-state index in [1.54, 1.807) is 62.3 Å². The first kappa shape index (κ1) is 62.7. The average Bonchev–Trinajstić information content (AvgIpc) is 3.60. The summed E-state index contributed by atoms with van der Waals surface area (Å²) in [5.41, 5.74) is 12.7. The Balaban J connectivity index is 2.03. The summed E-state index contributed by atoms with van der Waals surface area (Å²) in [5.74, 6) is -5.03. The number of fused-ring (bicyclic) bond motifs is 1. The van der Waals surface area contributed by atoms with Gasteiger partial charge in [-0.15, -0.1) is 0 Å². The van der Waals surface area contributed by atoms with Crippen molar-refractivity contribution in [3.63, 3.8) is 0 Å². The fraction of sp³-hybridized carbons (Fsp3) is 0.681. The molecule has 1 heterocycles. The zero-order valence-electron chi connectivity index (χ0n) is 44.1. The quantitative estimate of drug-likeness (QED) is 0.0330. The van der Waals surface area contributed by atoms with Gasteiger partial charge >= 0.3 is 18.2 Å². The number of alkyl carbamates (subject to hydrolysis) is 2. The van der Waals surface area contributed by atoms with Gasteiger partial charge in [0, 0.05) is 31.6 Å². The predicted molar refractivity (Wildman–Crippen MR) is 270 cm³/mol. The van der Waals surface area contributed by atoms with E-state index >= 15 is 0 Å². The number of benzene rings is 1. The Morgan fingerprint density at radius 2 is 1.18 bits per heavy atom. The number of rotatable bonds is 27. The van der Waals surface area contributed by atoms with Gasteiger partial charge in [-0.2, -0.15) is 0 Å². The van der Waals surface area contributed by atoms with E-state index in [0.717, 1.165) is 5.56 Å². The minimum Gasteiger partial charge on any atom is -0.487 e. The van der Waals surface area contributed by atoms with Crippen molar-refractivity contribution in [2.24, 2.45) is 16.5 Å². The van der Waals surface area contributed by atoms with Gasteiger partial charge in [-0.3, -0.25) is 29.0 Å². The highest BCUT2D eigenvalue weighted by molar-refractivity contribution is 7.90. The predicted octanol–water partition coefficient (Wildman–Crippen LogP) is 0.819. The molecule has 0 saturated heterocycles. The first-order chi connectivity index (χ1) is 33.7. The van der Waals surface area contributed by atoms with Gasteiger partial charge < -0.3 is 68.0 Å². The fourth-order valence-electron chi connectivity index (χ4n) is 7.31. The average molecular weight is 1050 g/mol. The lowest BCUT2D eigenvalue weighted by molar-refractivity contribution is -0.142. The molecular formula is C47H79N11O14S. The molecule has 1 aliphatic rings. The largest absolute Gasteiger partial charge is 0.487 e. The molecule has 1 aromatic rings. The molecule has 0 unspecified atom stereocenters. The Hall–Kier alpha value is -6.44. The number of sulfonamides is 1. The van der Waals surface area contributed by atoms with Crippen LogP contribution in [0.4, 0.5) is 9.59 Å². The molecule has 0 aromatic heterocycles. The second-order valence-electron chi connectivity index (χ2n) is 20.3. The number of nitrogens with zero attached hydrogens (tertiary/aromatic N) is 1. The minimum atomic E-state index is -4.22. The molecule has 0 radical (unpaired) electrons. The van der Waals surface area contributed by atoms with Crippen LogP contribution in [0.15, 0.2) is 9.89 Å². The molecule has 0 aliphatic carbocycles. The molecule has 1 aromatic carbocycles. The van der Waals surface area contributed by atoms with E-state index < -0.39 is 118 Å². The van der Waals surface area contributed by atoms with Crippen LogP contribution in [-0.2, 0) is 54.7 Å². The van der Waals surface area contributed by atoms with Crippen molar-refractivity contribution in [1.82, 2.24) is 41.9 Å². The molecule has 7 amide bonds. The van der Waals surface area contributed by atoms with Crippen molar-refractivity contribution in [2.75, 3.05) is 39.3 Å². The number of carbonyl (C=O) groups excluding carboxylic acids is 7. The van der Waals surface area contributed by atoms with Crippen LogP contribution < -0.4 is 58.1 Å². The van der Waals surface area contributed by atoms with Crippen LogP contribution in [0.25, 0.3) is 0 Å². The number of aliphatic carboxylic acids is 1. The maximum atomic E-state index is 13.7. The number of unbranched alkanes of at least 4 members (excludes halogenated alkanes) is 2. The molecule has 26 heteroatoms. The number of guanidine groups is 1. The molecule has 412 valence electrons. The minimum absolute atomic E-state index is 0.0258. The summed E-state index contributed by atoms with van der Waals surface area (Å²) in [5, 5.41) is 26.7. The number of nitrogens with one attached hydrogen (secondary N) is 8. The van der Waals surface area contributed by atoms with Crippen LogP contribution in [0.5, 0.6) is 5.75 Å². The van der Waals surface area contributed by atoms with Crippen LogP contribution in [0, 0.1) is 20.8 Å². The van der Waals surface area contributed by atoms with Crippen LogP contribution in [0.3, 0.4) is 0 Å². The van der Waals surface area contributed by atoms with E-state index in [1.165, 1.54) is 0 Å². The van der Waals surface area contributed by atoms with Crippen molar-refractivity contribution in [2.45, 2.75) is 174 Å². The summed E-state index contributed by atoms with van der Waals surface area (Å²) in [6.07, 6.45) is 1.19. The van der Waals surface area contributed by atoms with Crippen LogP contribution >= 0.6 is 0 Å². The van der Waals surface area contributed by atoms with Crippen molar-refractivity contribution < 1.29 is 66.1 Å². The lowest BCUT2D eigenvalue weighted by Gasteiger charge is -2.20. The Bertz CT molecular complexity index is 2290. The molecule has 0 bridgehead atoms. The molecule has 25 nitrogen and oxygen atoms in total. The Kier molecular flexibility index (Phi) is 24.2. The highest BCUT2D eigenvalue weighted by Gasteiger charge is 2.37. The smallest absolute Gasteiger partial charge is 0.407 e. The third-order valence-electron chi connectivity index (χ3n) is 10.8. The zero-order valence-corrected chi connectivity index (χ0v) is 44.9. The zero-order chi connectivity index (χ0) is 55.5. The lowest BCUT2D eigenvalue weighted by Crippen LogP contribution is -2.52. The topological polar surface area (TPSA) is 379 Å². The van der Waals surface area contributed by atoms with Gasteiger partial charge in [-0.1, -0.05) is 0 Å². The first-order valence-electron chi connectivity index (χ1n) is 24.2. The van der Waals surface area contributed by atoms with Crippen LogP contribution in [-0.4, -0.2) is 141 Å². The molecule has 0 fully saturated rings. The fourth-order valence-corrected chi connectivity index (χ4v) is 8.84. The number of carboxylic acids is 1. The SMILES string of the molecule is Cc1c(C)c(S(=O)(=O)NC(N)=NCCC[C@H](NC(=O)CNC(=O)[C@@H](N)CCCCNC(=O)OC(C)(C)C)C(=O)NCC(=O)NCC(=O)N[C@@H](CCCCNC(=O)OC(C)(C)C)C(=O)O)c(C)c2c1OC(C)(C)C2. The van der Waals surface area contributed by atoms with E-state index in [9.17, 15) is 51.9 Å². The number of carbonyl (C=O) groups is 8. The van der Waals surface area contributed by atoms with E-state index in [0.29, 0.717) is 54.5 Å². The summed E-state index contributed by atoms with van der Waals surface area (Å²) in [6, 6.07) is -3.60. The summed E-state index contributed by atoms with van der Waals surface area (Å²) in [7, 11) is -4.22. The summed E-state index contributed by atoms with van der Waals surface area (Å²) >= 11 is 0. The standard InChI is InChI=1S/C47H79N11O14S/c1-27-28(2)38(29(3)30-23-47(10,11)70-37(27)30)73(68,69)58-42(49)50-22-16-19-32(56-36(61)26-54-39(62)31(48)17-12-14-20-51-43(66)71-45(4,5)6)40(63)55-24-34(59)53-25-35(60)57-33(41(64)65)18-13-15-21-52-44(67)72-46(7,8)9/h31-33H,12-26,48H2,1-11H3,(H,51,66)(H,52,67)(H,53,59)(H,54,62)(H,55,63)(H,56,61)(H,57,60)(H,64,65)(H3,49,50,58)/t31-,32-,33-/m0/s1. The third-order valence-corrected chi connectivity index (χ3v) is 12.5. The van der Waals surface area contributed by atoms with Crippen molar-refractivity contribution in [1.29, 1.82) is 0 Å². The van der Waals surface area contributed by atoms with Crippen LogP contribution in [0.1, 0.15) is 129 Å². The second kappa shape index (κ2) is 28.1. The third kappa shape index (κ3) is 23.3.